The van der Waals surface area contributed by atoms with E-state index < -0.39 is 10.0 Å². The zero-order chi connectivity index (χ0) is 24.1. The normalized spacial score (nSPS) is 21.0. The first-order chi connectivity index (χ1) is 16.1. The molecule has 0 radical (unpaired) electrons. The van der Waals surface area contributed by atoms with E-state index in [1.54, 1.807) is 12.1 Å². The number of nitrogens with zero attached hydrogens (tertiary/aromatic N) is 3. The number of fused-ring (bicyclic) bond motifs is 1. The highest BCUT2D eigenvalue weighted by atomic mass is 32.2. The maximum Gasteiger partial charge on any atom is 0.243 e. The number of amides is 1. The summed E-state index contributed by atoms with van der Waals surface area (Å²) in [6.45, 7) is 10.3. The Morgan fingerprint density at radius 3 is 2.47 bits per heavy atom. The molecule has 9 heteroatoms. The molecule has 2 aromatic rings. The number of imidazole rings is 1. The Bertz CT molecular complexity index is 1170. The maximum atomic E-state index is 13.3. The molecule has 3 heterocycles. The van der Waals surface area contributed by atoms with Crippen molar-refractivity contribution in [3.8, 4) is 0 Å². The van der Waals surface area contributed by atoms with Crippen LogP contribution in [0.25, 0.3) is 11.0 Å². The van der Waals surface area contributed by atoms with Gasteiger partial charge in [-0.3, -0.25) is 4.79 Å². The fourth-order valence-electron chi connectivity index (χ4n) is 4.95. The van der Waals surface area contributed by atoms with Crippen LogP contribution in [0.2, 0.25) is 0 Å². The van der Waals surface area contributed by atoms with Crippen LogP contribution < -0.4 is 5.32 Å². The lowest BCUT2D eigenvalue weighted by atomic mass is 9.94. The second-order valence-corrected chi connectivity index (χ2v) is 13.1. The van der Waals surface area contributed by atoms with Gasteiger partial charge in [0.2, 0.25) is 15.9 Å². The van der Waals surface area contributed by atoms with Crippen molar-refractivity contribution in [3.63, 3.8) is 0 Å². The molecular formula is C25H36N4O4S. The van der Waals surface area contributed by atoms with E-state index in [0.29, 0.717) is 25.6 Å². The summed E-state index contributed by atoms with van der Waals surface area (Å²) in [6.07, 6.45) is 4.02. The Morgan fingerprint density at radius 2 is 1.82 bits per heavy atom. The molecule has 1 N–H and O–H groups in total. The second kappa shape index (κ2) is 8.91. The molecule has 186 valence electrons. The average Bonchev–Trinajstić information content (AvgIpc) is 3.54. The number of hydrogen-bond acceptors (Lipinski definition) is 5. The summed E-state index contributed by atoms with van der Waals surface area (Å²) in [5.74, 6) is 1.98. The van der Waals surface area contributed by atoms with Gasteiger partial charge in [0.1, 0.15) is 5.82 Å². The van der Waals surface area contributed by atoms with Gasteiger partial charge in [-0.25, -0.2) is 13.4 Å². The van der Waals surface area contributed by atoms with Crippen molar-refractivity contribution in [1.29, 1.82) is 0 Å². The first kappa shape index (κ1) is 23.8. The molecule has 8 nitrogen and oxygen atoms in total. The number of sulfonamides is 1. The summed E-state index contributed by atoms with van der Waals surface area (Å²) in [7, 11) is -3.58. The quantitative estimate of drug-likeness (QED) is 0.647. The number of benzene rings is 1. The minimum Gasteiger partial charge on any atom is -0.381 e. The number of carbonyl (C=O) groups is 1. The number of nitrogens with one attached hydrogen (secondary N) is 1. The van der Waals surface area contributed by atoms with Gasteiger partial charge >= 0.3 is 0 Å². The van der Waals surface area contributed by atoms with Gasteiger partial charge in [0.15, 0.2) is 0 Å². The number of rotatable bonds is 7. The van der Waals surface area contributed by atoms with Crippen molar-refractivity contribution in [2.45, 2.75) is 63.3 Å². The molecule has 1 aromatic heterocycles. The average molecular weight is 489 g/mol. The third-order valence-electron chi connectivity index (χ3n) is 7.25. The molecule has 2 aliphatic heterocycles. The largest absolute Gasteiger partial charge is 0.381 e. The van der Waals surface area contributed by atoms with Crippen LogP contribution in [-0.4, -0.2) is 61.0 Å². The third kappa shape index (κ3) is 4.75. The summed E-state index contributed by atoms with van der Waals surface area (Å²) >= 11 is 0. The lowest BCUT2D eigenvalue weighted by molar-refractivity contribution is -0.122. The Labute approximate surface area is 202 Å². The first-order valence-electron chi connectivity index (χ1n) is 12.5. The van der Waals surface area contributed by atoms with E-state index in [0.717, 1.165) is 62.3 Å². The van der Waals surface area contributed by atoms with Crippen molar-refractivity contribution in [3.05, 3.63) is 24.0 Å². The van der Waals surface area contributed by atoms with Gasteiger partial charge in [0.25, 0.3) is 0 Å². The van der Waals surface area contributed by atoms with Gasteiger partial charge in [-0.1, -0.05) is 20.8 Å². The Morgan fingerprint density at radius 1 is 1.12 bits per heavy atom. The Kier molecular flexibility index (Phi) is 6.23. The molecule has 1 amide bonds. The lowest BCUT2D eigenvalue weighted by Gasteiger charge is -2.38. The summed E-state index contributed by atoms with van der Waals surface area (Å²) in [4.78, 5) is 17.0. The molecule has 1 aromatic carbocycles. The predicted octanol–water partition coefficient (Wildman–Crippen LogP) is 2.91. The summed E-state index contributed by atoms with van der Waals surface area (Å²) < 4.78 is 35.8. The van der Waals surface area contributed by atoms with Gasteiger partial charge < -0.3 is 14.6 Å². The van der Waals surface area contributed by atoms with Crippen molar-refractivity contribution in [1.82, 2.24) is 19.2 Å². The number of aromatic nitrogens is 2. The molecule has 1 saturated carbocycles. The molecule has 5 rings (SSSR count). The van der Waals surface area contributed by atoms with E-state index in [4.69, 9.17) is 9.72 Å². The van der Waals surface area contributed by atoms with E-state index in [-0.39, 0.29) is 28.1 Å². The zero-order valence-electron chi connectivity index (χ0n) is 20.4. The van der Waals surface area contributed by atoms with Crippen LogP contribution in [0.4, 0.5) is 0 Å². The zero-order valence-corrected chi connectivity index (χ0v) is 21.2. The summed E-state index contributed by atoms with van der Waals surface area (Å²) in [5.41, 5.74) is 1.56. The number of carbonyl (C=O) groups excluding carboxylic acids is 1. The summed E-state index contributed by atoms with van der Waals surface area (Å²) in [5, 5.41) is 2.96. The molecule has 1 aliphatic carbocycles. The molecule has 2 saturated heterocycles. The van der Waals surface area contributed by atoms with Crippen LogP contribution in [0.5, 0.6) is 0 Å². The molecule has 3 fully saturated rings. The highest BCUT2D eigenvalue weighted by molar-refractivity contribution is 7.89. The van der Waals surface area contributed by atoms with Crippen LogP contribution in [0.15, 0.2) is 23.1 Å². The van der Waals surface area contributed by atoms with Crippen molar-refractivity contribution in [2.75, 3.05) is 32.8 Å². The topological polar surface area (TPSA) is 93.5 Å². The van der Waals surface area contributed by atoms with Gasteiger partial charge in [-0.2, -0.15) is 4.31 Å². The smallest absolute Gasteiger partial charge is 0.243 e. The molecule has 0 bridgehead atoms. The van der Waals surface area contributed by atoms with E-state index in [1.165, 1.54) is 4.31 Å². The van der Waals surface area contributed by atoms with E-state index in [2.05, 4.69) is 30.7 Å². The Hall–Kier alpha value is -1.97. The third-order valence-corrected chi connectivity index (χ3v) is 9.07. The van der Waals surface area contributed by atoms with Crippen LogP contribution in [0, 0.1) is 17.8 Å². The van der Waals surface area contributed by atoms with Gasteiger partial charge in [0.05, 0.1) is 15.9 Å². The molecule has 0 atom stereocenters. The van der Waals surface area contributed by atoms with Crippen LogP contribution in [0.3, 0.4) is 0 Å². The van der Waals surface area contributed by atoms with Crippen LogP contribution in [-0.2, 0) is 31.5 Å². The number of ether oxygens (including phenoxy) is 1. The first-order valence-corrected chi connectivity index (χ1v) is 13.9. The minimum absolute atomic E-state index is 0.109. The SMILES string of the molecule is CC(C)(C)c1nc2cc(S(=O)(=O)N3CC(CNC(=O)C4CC4)C3)ccc2n1CC1CCOCC1. The van der Waals surface area contributed by atoms with Crippen molar-refractivity contribution >= 4 is 27.0 Å². The van der Waals surface area contributed by atoms with Crippen molar-refractivity contribution < 1.29 is 17.9 Å². The highest BCUT2D eigenvalue weighted by Crippen LogP contribution is 2.32. The monoisotopic (exact) mass is 488 g/mol. The molecule has 34 heavy (non-hydrogen) atoms. The van der Waals surface area contributed by atoms with Gasteiger partial charge in [0, 0.05) is 56.6 Å². The van der Waals surface area contributed by atoms with E-state index >= 15 is 0 Å². The standard InChI is InChI=1S/C25H36N4O4S/c1-25(2,3)24-27-21-12-20(6-7-22(21)29(24)16-17-8-10-33-11-9-17)34(31,32)28-14-18(15-28)13-26-23(30)19-4-5-19/h6-7,12,17-19H,4-5,8-11,13-16H2,1-3H3,(H,26,30). The Balaban J connectivity index is 1.33. The predicted molar refractivity (Wildman–Crippen MR) is 130 cm³/mol. The van der Waals surface area contributed by atoms with Crippen molar-refractivity contribution in [2.24, 2.45) is 17.8 Å². The lowest BCUT2D eigenvalue weighted by Crippen LogP contribution is -2.53. The summed E-state index contributed by atoms with van der Waals surface area (Å²) in [6, 6.07) is 5.36. The van der Waals surface area contributed by atoms with E-state index in [1.807, 2.05) is 6.07 Å². The molecule has 0 unspecified atom stereocenters. The molecule has 3 aliphatic rings. The van der Waals surface area contributed by atoms with Crippen LogP contribution in [0.1, 0.15) is 52.3 Å². The minimum atomic E-state index is -3.58. The second-order valence-electron chi connectivity index (χ2n) is 11.2. The molecular weight excluding hydrogens is 452 g/mol. The highest BCUT2D eigenvalue weighted by Gasteiger charge is 2.38. The maximum absolute atomic E-state index is 13.3. The van der Waals surface area contributed by atoms with Gasteiger partial charge in [-0.15, -0.1) is 0 Å². The van der Waals surface area contributed by atoms with Gasteiger partial charge in [-0.05, 0) is 49.8 Å². The molecule has 0 spiro atoms. The van der Waals surface area contributed by atoms with E-state index in [9.17, 15) is 13.2 Å². The fourth-order valence-corrected chi connectivity index (χ4v) is 6.56. The number of hydrogen-bond donors (Lipinski definition) is 1. The fraction of sp³-hybridized carbons (Fsp3) is 0.680. The van der Waals surface area contributed by atoms with Crippen LogP contribution >= 0.6 is 0 Å².